The molecule has 0 saturated heterocycles. The van der Waals surface area contributed by atoms with Crippen molar-refractivity contribution < 1.29 is 32.9 Å². The lowest BCUT2D eigenvalue weighted by Crippen LogP contribution is -2.46. The first-order chi connectivity index (χ1) is 38.5. The molecule has 0 bridgehead atoms. The van der Waals surface area contributed by atoms with Crippen molar-refractivity contribution >= 4 is 13.7 Å². The Morgan fingerprint density at radius 2 is 0.759 bits per heavy atom. The molecule has 0 aliphatic carbocycles. The van der Waals surface area contributed by atoms with Gasteiger partial charge in [0, 0.05) is 6.42 Å². The summed E-state index contributed by atoms with van der Waals surface area (Å²) in [6.07, 6.45) is 83.1. The molecule has 0 radical (unpaired) electrons. The van der Waals surface area contributed by atoms with E-state index in [1.54, 1.807) is 0 Å². The molecule has 0 fully saturated rings. The minimum Gasteiger partial charge on any atom is -0.391 e. The predicted octanol–water partition coefficient (Wildman–Crippen LogP) is 21.6. The van der Waals surface area contributed by atoms with Gasteiger partial charge >= 0.3 is 7.82 Å². The van der Waals surface area contributed by atoms with E-state index in [0.29, 0.717) is 23.9 Å². The summed E-state index contributed by atoms with van der Waals surface area (Å²) < 4.78 is 23.9. The van der Waals surface area contributed by atoms with Crippen LogP contribution >= 0.6 is 7.82 Å². The molecule has 8 nitrogen and oxygen atoms in total. The molecule has 0 saturated carbocycles. The molecule has 464 valence electrons. The molecule has 3 unspecified atom stereocenters. The van der Waals surface area contributed by atoms with E-state index in [1.807, 2.05) is 21.1 Å². The Hall–Kier alpha value is -1.80. The molecule has 3 atom stereocenters. The fourth-order valence-electron chi connectivity index (χ4n) is 10.3. The van der Waals surface area contributed by atoms with Crippen molar-refractivity contribution in [2.75, 3.05) is 40.9 Å². The molecular weight excluding hydrogens is 996 g/mol. The molecule has 9 heteroatoms. The van der Waals surface area contributed by atoms with E-state index in [1.165, 1.54) is 231 Å². The van der Waals surface area contributed by atoms with Crippen molar-refractivity contribution in [2.24, 2.45) is 0 Å². The van der Waals surface area contributed by atoms with Crippen LogP contribution in [0.25, 0.3) is 0 Å². The number of aliphatic hydroxyl groups excluding tert-OH is 1. The summed E-state index contributed by atoms with van der Waals surface area (Å²) in [6, 6.07) is -0.763. The zero-order chi connectivity index (χ0) is 57.7. The molecule has 0 heterocycles. The van der Waals surface area contributed by atoms with Crippen LogP contribution in [0.1, 0.15) is 328 Å². The quantitative estimate of drug-likeness (QED) is 0.0243. The molecule has 3 N–H and O–H groups in total. The second-order valence-corrected chi connectivity index (χ2v) is 26.0. The molecule has 79 heavy (non-hydrogen) atoms. The summed E-state index contributed by atoms with van der Waals surface area (Å²) in [5.74, 6) is -0.140. The number of hydrogen-bond donors (Lipinski definition) is 3. The number of quaternary nitrogens is 1. The largest absolute Gasteiger partial charge is 0.472 e. The topological polar surface area (TPSA) is 105 Å². The Morgan fingerprint density at radius 3 is 1.11 bits per heavy atom. The van der Waals surface area contributed by atoms with Gasteiger partial charge in [-0.2, -0.15) is 0 Å². The number of amides is 1. The Kier molecular flexibility index (Phi) is 59.4. The number of likely N-dealkylation sites (N-methyl/N-ethyl adjacent to an activating group) is 1. The summed E-state index contributed by atoms with van der Waals surface area (Å²) in [5.41, 5.74) is 0. The van der Waals surface area contributed by atoms with Crippen LogP contribution in [0, 0.1) is 0 Å². The van der Waals surface area contributed by atoms with Gasteiger partial charge in [0.25, 0.3) is 0 Å². The zero-order valence-corrected chi connectivity index (χ0v) is 54.0. The molecule has 1 amide bonds. The van der Waals surface area contributed by atoms with Crippen LogP contribution in [0.3, 0.4) is 0 Å². The van der Waals surface area contributed by atoms with Crippen molar-refractivity contribution in [3.8, 4) is 0 Å². The second-order valence-electron chi connectivity index (χ2n) is 24.5. The number of carbonyl (C=O) groups is 1. The number of nitrogens with zero attached hydrogens (tertiary/aromatic N) is 1. The maximum atomic E-state index is 13.1. The SMILES string of the molecule is CC/C=C\C/C=C\C/C=C\C/C=C\C/C=C\CCCCCCCCCCCCCCCCCCCC(=O)NC(COP(=O)(O)OCC[N+](C)(C)C)C(O)CCCCCCCCCCCCCCCCCCCCCCCCCC. The van der Waals surface area contributed by atoms with Gasteiger partial charge in [0.05, 0.1) is 39.9 Å². The minimum absolute atomic E-state index is 0.0751. The highest BCUT2D eigenvalue weighted by Crippen LogP contribution is 2.43. The summed E-state index contributed by atoms with van der Waals surface area (Å²) in [5, 5.41) is 14.1. The third-order valence-corrected chi connectivity index (χ3v) is 16.5. The Morgan fingerprint density at radius 1 is 0.443 bits per heavy atom. The van der Waals surface area contributed by atoms with Crippen molar-refractivity contribution in [1.29, 1.82) is 0 Å². The molecular formula is C70H134N2O6P+. The molecule has 0 rings (SSSR count). The lowest BCUT2D eigenvalue weighted by Gasteiger charge is -2.26. The van der Waals surface area contributed by atoms with Gasteiger partial charge in [0.15, 0.2) is 0 Å². The molecule has 0 aliphatic rings. The van der Waals surface area contributed by atoms with E-state index >= 15 is 0 Å². The molecule has 0 aromatic rings. The smallest absolute Gasteiger partial charge is 0.391 e. The Labute approximate surface area is 492 Å². The van der Waals surface area contributed by atoms with Gasteiger partial charge in [0.1, 0.15) is 13.2 Å². The zero-order valence-electron chi connectivity index (χ0n) is 53.1. The number of hydrogen-bond acceptors (Lipinski definition) is 5. The number of phosphoric ester groups is 1. The summed E-state index contributed by atoms with van der Waals surface area (Å²) in [4.78, 5) is 23.5. The molecule has 0 aliphatic heterocycles. The standard InChI is InChI=1S/C70H133N2O6P/c1-6-8-10-12-14-16-18-20-22-24-26-28-30-32-33-34-35-36-37-38-39-40-42-44-46-48-50-52-54-56-58-60-62-64-70(74)71-68(67-78-79(75,76)77-66-65-72(3,4)5)69(73)63-61-59-57-55-53-51-49-47-45-43-41-31-29-27-25-23-21-19-17-15-13-11-9-7-2/h8,10,14,16,20,22,26,28,32-33,68-69,73H,6-7,9,11-13,15,17-19,21,23-25,27,29-31,34-67H2,1-5H3,(H-,71,74,75,76)/p+1/b10-8-,16-14-,22-20-,28-26-,33-32-. The molecule has 0 spiro atoms. The van der Waals surface area contributed by atoms with Crippen molar-refractivity contribution in [1.82, 2.24) is 5.32 Å². The number of aliphatic hydroxyl groups is 1. The highest BCUT2D eigenvalue weighted by atomic mass is 31.2. The summed E-state index contributed by atoms with van der Waals surface area (Å²) >= 11 is 0. The van der Waals surface area contributed by atoms with Gasteiger partial charge < -0.3 is 19.8 Å². The highest BCUT2D eigenvalue weighted by molar-refractivity contribution is 7.47. The van der Waals surface area contributed by atoms with Gasteiger partial charge in [-0.05, 0) is 57.8 Å². The van der Waals surface area contributed by atoms with E-state index in [9.17, 15) is 19.4 Å². The number of rotatable bonds is 63. The lowest BCUT2D eigenvalue weighted by molar-refractivity contribution is -0.870. The normalized spacial score (nSPS) is 14.1. The van der Waals surface area contributed by atoms with Crippen molar-refractivity contribution in [2.45, 2.75) is 341 Å². The van der Waals surface area contributed by atoms with E-state index in [0.717, 1.165) is 70.6 Å². The first-order valence-corrected chi connectivity index (χ1v) is 35.6. The van der Waals surface area contributed by atoms with Gasteiger partial charge in [-0.3, -0.25) is 13.8 Å². The van der Waals surface area contributed by atoms with Gasteiger partial charge in [-0.25, -0.2) is 4.57 Å². The first-order valence-electron chi connectivity index (χ1n) is 34.2. The maximum absolute atomic E-state index is 13.1. The molecule has 0 aromatic carbocycles. The van der Waals surface area contributed by atoms with Crippen LogP contribution in [0.4, 0.5) is 0 Å². The summed E-state index contributed by atoms with van der Waals surface area (Å²) in [7, 11) is 1.63. The first kappa shape index (κ1) is 77.2. The highest BCUT2D eigenvalue weighted by Gasteiger charge is 2.28. The van der Waals surface area contributed by atoms with Crippen LogP contribution < -0.4 is 5.32 Å². The van der Waals surface area contributed by atoms with Crippen molar-refractivity contribution in [3.63, 3.8) is 0 Å². The van der Waals surface area contributed by atoms with Gasteiger partial charge in [0.2, 0.25) is 5.91 Å². The Balaban J connectivity index is 4.03. The maximum Gasteiger partial charge on any atom is 0.472 e. The van der Waals surface area contributed by atoms with Crippen LogP contribution in [-0.2, 0) is 18.4 Å². The predicted molar refractivity (Wildman–Crippen MR) is 346 cm³/mol. The van der Waals surface area contributed by atoms with Crippen LogP contribution in [0.5, 0.6) is 0 Å². The van der Waals surface area contributed by atoms with Crippen molar-refractivity contribution in [3.05, 3.63) is 60.8 Å². The van der Waals surface area contributed by atoms with Gasteiger partial charge in [-0.1, -0.05) is 325 Å². The lowest BCUT2D eigenvalue weighted by atomic mass is 10.0. The number of phosphoric acid groups is 1. The fraction of sp³-hybridized carbons (Fsp3) is 0.843. The average Bonchev–Trinajstić information content (AvgIpc) is 3.42. The number of unbranched alkanes of at least 4 members (excludes halogenated alkanes) is 40. The van der Waals surface area contributed by atoms with E-state index < -0.39 is 20.0 Å². The third kappa shape index (κ3) is 63.6. The Bertz CT molecular complexity index is 1470. The van der Waals surface area contributed by atoms with E-state index in [-0.39, 0.29) is 19.1 Å². The number of allylic oxidation sites excluding steroid dienone is 10. The van der Waals surface area contributed by atoms with E-state index in [2.05, 4.69) is 79.9 Å². The van der Waals surface area contributed by atoms with Gasteiger partial charge in [-0.15, -0.1) is 0 Å². The van der Waals surface area contributed by atoms with E-state index in [4.69, 9.17) is 9.05 Å². The van der Waals surface area contributed by atoms with Crippen LogP contribution in [0.15, 0.2) is 60.8 Å². The minimum atomic E-state index is -4.33. The number of nitrogens with one attached hydrogen (secondary N) is 1. The monoisotopic (exact) mass is 1130 g/mol. The number of carbonyl (C=O) groups excluding carboxylic acids is 1. The fourth-order valence-corrected chi connectivity index (χ4v) is 11.0. The molecule has 0 aromatic heterocycles. The second kappa shape index (κ2) is 60.8. The third-order valence-electron chi connectivity index (χ3n) is 15.5. The average molecular weight is 1130 g/mol. The summed E-state index contributed by atoms with van der Waals surface area (Å²) in [6.45, 7) is 4.82. The van der Waals surface area contributed by atoms with Crippen LogP contribution in [-0.4, -0.2) is 73.4 Å². The van der Waals surface area contributed by atoms with Crippen LogP contribution in [0.2, 0.25) is 0 Å².